The van der Waals surface area contributed by atoms with Crippen molar-refractivity contribution in [1.29, 1.82) is 0 Å². The zero-order valence-corrected chi connectivity index (χ0v) is 16.1. The molecule has 1 aliphatic heterocycles. The summed E-state index contributed by atoms with van der Waals surface area (Å²) in [6, 6.07) is 12.3. The van der Waals surface area contributed by atoms with E-state index in [9.17, 15) is 18.0 Å². The Kier molecular flexibility index (Phi) is 6.22. The van der Waals surface area contributed by atoms with Gasteiger partial charge < -0.3 is 9.64 Å². The Hall–Kier alpha value is -1.86. The molecule has 1 saturated heterocycles. The summed E-state index contributed by atoms with van der Waals surface area (Å²) in [5, 5.41) is 0. The van der Waals surface area contributed by atoms with Gasteiger partial charge in [-0.1, -0.05) is 28.1 Å². The lowest BCUT2D eigenvalue weighted by Crippen LogP contribution is -2.43. The second kappa shape index (κ2) is 8.44. The fourth-order valence-electron chi connectivity index (χ4n) is 3.09. The number of amides is 1. The van der Waals surface area contributed by atoms with Crippen molar-refractivity contribution < 1.29 is 22.7 Å². The number of rotatable bonds is 4. The van der Waals surface area contributed by atoms with Crippen LogP contribution in [0.3, 0.4) is 0 Å². The first-order valence-electron chi connectivity index (χ1n) is 8.65. The van der Waals surface area contributed by atoms with Crippen molar-refractivity contribution in [3.63, 3.8) is 0 Å². The van der Waals surface area contributed by atoms with Gasteiger partial charge in [-0.25, -0.2) is 0 Å². The standard InChI is InChI=1S/C20H19BrF3NO2/c21-17-8-6-15(7-9-17)19(26)25-10-2-5-18(12-25)27-13-14-3-1-4-16(11-14)20(22,23)24/h1,3-4,6-9,11,18H,2,5,10,12-13H2. The number of nitrogens with zero attached hydrogens (tertiary/aromatic N) is 1. The molecule has 0 spiro atoms. The maximum absolute atomic E-state index is 12.8. The molecule has 1 unspecified atom stereocenters. The second-order valence-corrected chi connectivity index (χ2v) is 7.45. The van der Waals surface area contributed by atoms with E-state index in [1.54, 1.807) is 23.1 Å². The number of hydrogen-bond acceptors (Lipinski definition) is 2. The number of hydrogen-bond donors (Lipinski definition) is 0. The van der Waals surface area contributed by atoms with Crippen LogP contribution in [0.5, 0.6) is 0 Å². The molecule has 2 aromatic carbocycles. The van der Waals surface area contributed by atoms with Gasteiger partial charge >= 0.3 is 6.18 Å². The Labute approximate surface area is 164 Å². The van der Waals surface area contributed by atoms with Crippen molar-refractivity contribution >= 4 is 21.8 Å². The number of piperidine rings is 1. The fraction of sp³-hybridized carbons (Fsp3) is 0.350. The van der Waals surface area contributed by atoms with E-state index in [0.717, 1.165) is 29.4 Å². The Bertz CT molecular complexity index is 793. The highest BCUT2D eigenvalue weighted by Gasteiger charge is 2.30. The maximum Gasteiger partial charge on any atom is 0.416 e. The van der Waals surface area contributed by atoms with Crippen LogP contribution in [0, 0.1) is 0 Å². The van der Waals surface area contributed by atoms with Crippen LogP contribution in [0.1, 0.15) is 34.3 Å². The summed E-state index contributed by atoms with van der Waals surface area (Å²) in [5.74, 6) is -0.0603. The quantitative estimate of drug-likeness (QED) is 0.644. The van der Waals surface area contributed by atoms with Gasteiger partial charge in [-0.3, -0.25) is 4.79 Å². The van der Waals surface area contributed by atoms with Crippen LogP contribution in [-0.2, 0) is 17.5 Å². The molecule has 1 fully saturated rings. The summed E-state index contributed by atoms with van der Waals surface area (Å²) in [7, 11) is 0. The lowest BCUT2D eigenvalue weighted by Gasteiger charge is -2.32. The van der Waals surface area contributed by atoms with Gasteiger partial charge in [-0.05, 0) is 54.8 Å². The molecule has 0 N–H and O–H groups in total. The minimum Gasteiger partial charge on any atom is -0.372 e. The summed E-state index contributed by atoms with van der Waals surface area (Å²) < 4.78 is 45.1. The Balaban J connectivity index is 1.59. The van der Waals surface area contributed by atoms with Gasteiger partial charge in [0.2, 0.25) is 0 Å². The average Bonchev–Trinajstić information content (AvgIpc) is 2.66. The highest BCUT2D eigenvalue weighted by Crippen LogP contribution is 2.30. The molecule has 0 radical (unpaired) electrons. The Morgan fingerprint density at radius 3 is 2.63 bits per heavy atom. The van der Waals surface area contributed by atoms with E-state index in [2.05, 4.69) is 15.9 Å². The second-order valence-electron chi connectivity index (χ2n) is 6.53. The van der Waals surface area contributed by atoms with Gasteiger partial charge in [0.05, 0.1) is 18.3 Å². The molecule has 1 aliphatic rings. The smallest absolute Gasteiger partial charge is 0.372 e. The average molecular weight is 442 g/mol. The molecule has 0 aromatic heterocycles. The molecular formula is C20H19BrF3NO2. The first kappa shape index (κ1) is 19.9. The van der Waals surface area contributed by atoms with Gasteiger partial charge in [-0.2, -0.15) is 13.2 Å². The molecule has 144 valence electrons. The zero-order valence-electron chi connectivity index (χ0n) is 14.5. The molecule has 1 heterocycles. The fourth-order valence-corrected chi connectivity index (χ4v) is 3.35. The summed E-state index contributed by atoms with van der Waals surface area (Å²) in [4.78, 5) is 14.4. The van der Waals surface area contributed by atoms with Crippen LogP contribution in [0.15, 0.2) is 53.0 Å². The first-order chi connectivity index (χ1) is 12.8. The minimum atomic E-state index is -4.37. The monoisotopic (exact) mass is 441 g/mol. The summed E-state index contributed by atoms with van der Waals surface area (Å²) in [6.45, 7) is 1.18. The van der Waals surface area contributed by atoms with Gasteiger partial charge in [0.1, 0.15) is 0 Å². The number of carbonyl (C=O) groups is 1. The van der Waals surface area contributed by atoms with Crippen molar-refractivity contribution in [1.82, 2.24) is 4.90 Å². The van der Waals surface area contributed by atoms with Crippen molar-refractivity contribution in [2.75, 3.05) is 13.1 Å². The van der Waals surface area contributed by atoms with E-state index >= 15 is 0 Å². The van der Waals surface area contributed by atoms with Crippen LogP contribution in [0.4, 0.5) is 13.2 Å². The third-order valence-corrected chi connectivity index (χ3v) is 5.03. The topological polar surface area (TPSA) is 29.5 Å². The van der Waals surface area contributed by atoms with Crippen LogP contribution >= 0.6 is 15.9 Å². The predicted octanol–water partition coefficient (Wildman–Crippen LogP) is 5.29. The van der Waals surface area contributed by atoms with Crippen LogP contribution in [0.25, 0.3) is 0 Å². The van der Waals surface area contributed by atoms with E-state index in [4.69, 9.17) is 4.74 Å². The number of carbonyl (C=O) groups excluding carboxylic acids is 1. The lowest BCUT2D eigenvalue weighted by atomic mass is 10.1. The normalized spacial score (nSPS) is 17.8. The van der Waals surface area contributed by atoms with E-state index < -0.39 is 11.7 Å². The van der Waals surface area contributed by atoms with E-state index in [1.807, 2.05) is 12.1 Å². The van der Waals surface area contributed by atoms with Gasteiger partial charge in [0.25, 0.3) is 5.91 Å². The molecule has 1 amide bonds. The third-order valence-electron chi connectivity index (χ3n) is 4.50. The van der Waals surface area contributed by atoms with Crippen LogP contribution < -0.4 is 0 Å². The predicted molar refractivity (Wildman–Crippen MR) is 99.3 cm³/mol. The van der Waals surface area contributed by atoms with E-state index in [-0.39, 0.29) is 18.6 Å². The number of likely N-dealkylation sites (tertiary alicyclic amines) is 1. The van der Waals surface area contributed by atoms with Gasteiger partial charge in [0.15, 0.2) is 0 Å². The lowest BCUT2D eigenvalue weighted by molar-refractivity contribution is -0.137. The minimum absolute atomic E-state index is 0.0603. The van der Waals surface area contributed by atoms with Crippen molar-refractivity contribution in [2.24, 2.45) is 0 Å². The van der Waals surface area contributed by atoms with Crippen molar-refractivity contribution in [2.45, 2.75) is 31.7 Å². The Morgan fingerprint density at radius 1 is 1.19 bits per heavy atom. The van der Waals surface area contributed by atoms with E-state index in [1.165, 1.54) is 6.07 Å². The molecule has 3 rings (SSSR count). The third kappa shape index (κ3) is 5.32. The number of halogens is 4. The van der Waals surface area contributed by atoms with Crippen LogP contribution in [0.2, 0.25) is 0 Å². The SMILES string of the molecule is O=C(c1ccc(Br)cc1)N1CCCC(OCc2cccc(C(F)(F)F)c2)C1. The van der Waals surface area contributed by atoms with Gasteiger partial charge in [0, 0.05) is 23.1 Å². The highest BCUT2D eigenvalue weighted by atomic mass is 79.9. The molecule has 0 aliphatic carbocycles. The molecule has 0 saturated carbocycles. The van der Waals surface area contributed by atoms with Crippen molar-refractivity contribution in [3.05, 3.63) is 69.7 Å². The molecular weight excluding hydrogens is 423 g/mol. The number of benzene rings is 2. The number of alkyl halides is 3. The molecule has 27 heavy (non-hydrogen) atoms. The molecule has 1 atom stereocenters. The summed E-state index contributed by atoms with van der Waals surface area (Å²) in [5.41, 5.74) is 0.400. The first-order valence-corrected chi connectivity index (χ1v) is 9.45. The zero-order chi connectivity index (χ0) is 19.4. The van der Waals surface area contributed by atoms with Crippen LogP contribution in [-0.4, -0.2) is 30.0 Å². The molecule has 2 aromatic rings. The van der Waals surface area contributed by atoms with Gasteiger partial charge in [-0.15, -0.1) is 0 Å². The maximum atomic E-state index is 12.8. The molecule has 0 bridgehead atoms. The largest absolute Gasteiger partial charge is 0.416 e. The highest BCUT2D eigenvalue weighted by molar-refractivity contribution is 9.10. The van der Waals surface area contributed by atoms with Crippen molar-refractivity contribution in [3.8, 4) is 0 Å². The van der Waals surface area contributed by atoms with E-state index in [0.29, 0.717) is 24.2 Å². The summed E-state index contributed by atoms with van der Waals surface area (Å²) in [6.07, 6.45) is -2.97. The molecule has 7 heteroatoms. The summed E-state index contributed by atoms with van der Waals surface area (Å²) >= 11 is 3.34. The molecule has 3 nitrogen and oxygen atoms in total. The Morgan fingerprint density at radius 2 is 1.93 bits per heavy atom. The number of ether oxygens (including phenoxy) is 1.